The van der Waals surface area contributed by atoms with Crippen LogP contribution >= 0.6 is 0 Å². The van der Waals surface area contributed by atoms with Gasteiger partial charge < -0.3 is 14.8 Å². The number of esters is 1. The van der Waals surface area contributed by atoms with Gasteiger partial charge in [0.1, 0.15) is 18.2 Å². The van der Waals surface area contributed by atoms with Crippen LogP contribution in [0, 0.1) is 0 Å². The molecule has 0 fully saturated rings. The zero-order valence-electron chi connectivity index (χ0n) is 21.5. The lowest BCUT2D eigenvalue weighted by atomic mass is 9.98. The summed E-state index contributed by atoms with van der Waals surface area (Å²) in [6.45, 7) is 7.77. The highest BCUT2D eigenvalue weighted by Crippen LogP contribution is 2.44. The van der Waals surface area contributed by atoms with E-state index in [0.29, 0.717) is 12.8 Å². The van der Waals surface area contributed by atoms with Gasteiger partial charge in [0, 0.05) is 5.92 Å². The first-order chi connectivity index (χ1) is 17.2. The monoisotopic (exact) mass is 485 g/mol. The van der Waals surface area contributed by atoms with E-state index in [9.17, 15) is 9.59 Å². The van der Waals surface area contributed by atoms with Crippen molar-refractivity contribution in [3.05, 3.63) is 95.1 Å². The van der Waals surface area contributed by atoms with Crippen molar-refractivity contribution in [3.63, 3.8) is 0 Å². The van der Waals surface area contributed by atoms with Gasteiger partial charge in [-0.15, -0.1) is 0 Å². The third kappa shape index (κ3) is 6.14. The number of carbonyl (C=O) groups is 2. The van der Waals surface area contributed by atoms with Gasteiger partial charge in [0.05, 0.1) is 0 Å². The van der Waals surface area contributed by atoms with Crippen LogP contribution in [0.3, 0.4) is 0 Å². The first kappa shape index (κ1) is 25.5. The molecule has 1 aliphatic carbocycles. The zero-order chi connectivity index (χ0) is 25.7. The summed E-state index contributed by atoms with van der Waals surface area (Å²) in [6.07, 6.45) is 1.42. The summed E-state index contributed by atoms with van der Waals surface area (Å²) >= 11 is 0. The van der Waals surface area contributed by atoms with Crippen molar-refractivity contribution in [3.8, 4) is 11.1 Å². The Morgan fingerprint density at radius 3 is 1.97 bits per heavy atom. The van der Waals surface area contributed by atoms with Gasteiger partial charge in [-0.25, -0.2) is 9.59 Å². The molecule has 1 atom stereocenters. The molecule has 0 spiro atoms. The first-order valence-electron chi connectivity index (χ1n) is 12.7. The van der Waals surface area contributed by atoms with Crippen LogP contribution in [0.25, 0.3) is 11.1 Å². The molecule has 5 nitrogen and oxygen atoms in total. The fraction of sp³-hybridized carbons (Fsp3) is 0.355. The topological polar surface area (TPSA) is 64.6 Å². The average Bonchev–Trinajstić information content (AvgIpc) is 3.18. The normalized spacial score (nSPS) is 13.4. The van der Waals surface area contributed by atoms with Crippen molar-refractivity contribution >= 4 is 12.1 Å². The van der Waals surface area contributed by atoms with E-state index in [1.54, 1.807) is 0 Å². The number of rotatable bonds is 8. The largest absolute Gasteiger partial charge is 0.458 e. The number of nitrogens with one attached hydrogen (secondary N) is 1. The lowest BCUT2D eigenvalue weighted by molar-refractivity contribution is -0.157. The molecular weight excluding hydrogens is 450 g/mol. The molecular formula is C31H35NO4. The lowest BCUT2D eigenvalue weighted by Crippen LogP contribution is -2.45. The number of carbonyl (C=O) groups excluding carboxylic acids is 2. The SMILES string of the molecule is CCc1ccc(CCC(NC(=O)OCC2c3ccccc3-c3ccccc32)C(=O)OC(C)(C)C)cc1. The van der Waals surface area contributed by atoms with E-state index < -0.39 is 23.7 Å². The van der Waals surface area contributed by atoms with Crippen LogP contribution in [0.5, 0.6) is 0 Å². The summed E-state index contributed by atoms with van der Waals surface area (Å²) < 4.78 is 11.3. The minimum absolute atomic E-state index is 0.0415. The van der Waals surface area contributed by atoms with Crippen molar-refractivity contribution in [1.82, 2.24) is 5.32 Å². The number of ether oxygens (including phenoxy) is 2. The maximum absolute atomic E-state index is 12.9. The predicted molar refractivity (Wildman–Crippen MR) is 142 cm³/mol. The highest BCUT2D eigenvalue weighted by Gasteiger charge is 2.31. The second-order valence-electron chi connectivity index (χ2n) is 10.3. The van der Waals surface area contributed by atoms with E-state index in [2.05, 4.69) is 60.8 Å². The van der Waals surface area contributed by atoms with E-state index in [1.165, 1.54) is 16.7 Å². The maximum Gasteiger partial charge on any atom is 0.407 e. The molecule has 3 aromatic carbocycles. The second-order valence-corrected chi connectivity index (χ2v) is 10.3. The standard InChI is InChI=1S/C31H35NO4/c1-5-21-14-16-22(17-15-21)18-19-28(29(33)36-31(2,3)4)32-30(34)35-20-27-25-12-8-6-10-23(25)24-11-7-9-13-26(24)27/h6-17,27-28H,5,18-20H2,1-4H3,(H,32,34). The Hall–Kier alpha value is -3.60. The average molecular weight is 486 g/mol. The van der Waals surface area contributed by atoms with E-state index in [-0.39, 0.29) is 12.5 Å². The Morgan fingerprint density at radius 1 is 0.861 bits per heavy atom. The molecule has 0 saturated heterocycles. The van der Waals surface area contributed by atoms with Crippen molar-refractivity contribution in [1.29, 1.82) is 0 Å². The molecule has 5 heteroatoms. The third-order valence-electron chi connectivity index (χ3n) is 6.48. The molecule has 1 amide bonds. The fourth-order valence-corrected chi connectivity index (χ4v) is 4.66. The van der Waals surface area contributed by atoms with Gasteiger partial charge in [0.25, 0.3) is 0 Å². The van der Waals surface area contributed by atoms with Gasteiger partial charge in [0.15, 0.2) is 0 Å². The minimum Gasteiger partial charge on any atom is -0.458 e. The molecule has 0 bridgehead atoms. The number of aryl methyl sites for hydroxylation is 2. The van der Waals surface area contributed by atoms with Gasteiger partial charge in [-0.3, -0.25) is 0 Å². The lowest BCUT2D eigenvalue weighted by Gasteiger charge is -2.25. The van der Waals surface area contributed by atoms with Crippen LogP contribution in [0.15, 0.2) is 72.8 Å². The second kappa shape index (κ2) is 11.0. The summed E-state index contributed by atoms with van der Waals surface area (Å²) in [5.41, 5.74) is 6.34. The Morgan fingerprint density at radius 2 is 1.42 bits per heavy atom. The van der Waals surface area contributed by atoms with Gasteiger partial charge in [-0.05, 0) is 73.4 Å². The summed E-state index contributed by atoms with van der Waals surface area (Å²) in [5.74, 6) is -0.499. The summed E-state index contributed by atoms with van der Waals surface area (Å²) in [6, 6.07) is 23.9. The molecule has 0 aromatic heterocycles. The number of amides is 1. The smallest absolute Gasteiger partial charge is 0.407 e. The Kier molecular flexibility index (Phi) is 7.78. The molecule has 0 saturated carbocycles. The van der Waals surface area contributed by atoms with Crippen molar-refractivity contribution in [2.75, 3.05) is 6.61 Å². The van der Waals surface area contributed by atoms with Gasteiger partial charge >= 0.3 is 12.1 Å². The van der Waals surface area contributed by atoms with Crippen molar-refractivity contribution in [2.45, 2.75) is 64.5 Å². The van der Waals surface area contributed by atoms with Gasteiger partial charge in [-0.2, -0.15) is 0 Å². The summed E-state index contributed by atoms with van der Waals surface area (Å²) in [7, 11) is 0. The van der Waals surface area contributed by atoms with E-state index in [0.717, 1.165) is 23.1 Å². The third-order valence-corrected chi connectivity index (χ3v) is 6.48. The van der Waals surface area contributed by atoms with Crippen molar-refractivity contribution < 1.29 is 19.1 Å². The first-order valence-corrected chi connectivity index (χ1v) is 12.7. The van der Waals surface area contributed by atoms with Crippen LogP contribution in [0.4, 0.5) is 4.79 Å². The van der Waals surface area contributed by atoms with Crippen LogP contribution in [-0.4, -0.2) is 30.3 Å². The predicted octanol–water partition coefficient (Wildman–Crippen LogP) is 6.43. The minimum atomic E-state index is -0.800. The number of hydrogen-bond donors (Lipinski definition) is 1. The van der Waals surface area contributed by atoms with Crippen LogP contribution < -0.4 is 5.32 Å². The number of benzene rings is 3. The molecule has 36 heavy (non-hydrogen) atoms. The Labute approximate surface area is 213 Å². The molecule has 1 N–H and O–H groups in total. The van der Waals surface area contributed by atoms with Crippen LogP contribution in [-0.2, 0) is 27.1 Å². The molecule has 1 unspecified atom stereocenters. The van der Waals surface area contributed by atoms with Gasteiger partial charge in [-0.1, -0.05) is 79.7 Å². The highest BCUT2D eigenvalue weighted by molar-refractivity contribution is 5.82. The molecule has 0 heterocycles. The fourth-order valence-electron chi connectivity index (χ4n) is 4.66. The molecule has 3 aromatic rings. The number of fused-ring (bicyclic) bond motifs is 3. The van der Waals surface area contributed by atoms with Gasteiger partial charge in [0.2, 0.25) is 0 Å². The maximum atomic E-state index is 12.9. The summed E-state index contributed by atoms with van der Waals surface area (Å²) in [5, 5.41) is 2.77. The van der Waals surface area contributed by atoms with E-state index >= 15 is 0 Å². The summed E-state index contributed by atoms with van der Waals surface area (Å²) in [4.78, 5) is 25.8. The van der Waals surface area contributed by atoms with E-state index in [1.807, 2.05) is 45.0 Å². The quantitative estimate of drug-likeness (QED) is 0.373. The van der Waals surface area contributed by atoms with E-state index in [4.69, 9.17) is 9.47 Å². The van der Waals surface area contributed by atoms with Crippen molar-refractivity contribution in [2.24, 2.45) is 0 Å². The number of alkyl carbamates (subject to hydrolysis) is 1. The Bertz CT molecular complexity index is 1160. The molecule has 4 rings (SSSR count). The van der Waals surface area contributed by atoms with Crippen LogP contribution in [0.1, 0.15) is 62.3 Å². The number of hydrogen-bond acceptors (Lipinski definition) is 4. The Balaban J connectivity index is 1.42. The molecule has 0 radical (unpaired) electrons. The highest BCUT2D eigenvalue weighted by atomic mass is 16.6. The molecule has 188 valence electrons. The molecule has 0 aliphatic heterocycles. The van der Waals surface area contributed by atoms with Crippen LogP contribution in [0.2, 0.25) is 0 Å². The zero-order valence-corrected chi connectivity index (χ0v) is 21.5. The molecule has 1 aliphatic rings.